The number of hydrogen-bond acceptors (Lipinski definition) is 3. The van der Waals surface area contributed by atoms with Crippen LogP contribution in [0.2, 0.25) is 0 Å². The van der Waals surface area contributed by atoms with Crippen LogP contribution < -0.4 is 14.8 Å². The summed E-state index contributed by atoms with van der Waals surface area (Å²) in [4.78, 5) is 0. The monoisotopic (exact) mass is 263 g/mol. The standard InChI is InChI=1S/C16H25NO2/c1-5-14(6-2)17-10-13-9-16-12(7-11(3)19-16)8-15(13)18-4/h8-9,11,14,17H,5-7,10H2,1-4H3. The van der Waals surface area contributed by atoms with Crippen LogP contribution in [-0.4, -0.2) is 19.3 Å². The number of ether oxygens (including phenoxy) is 2. The minimum atomic E-state index is 0.280. The van der Waals surface area contributed by atoms with Gasteiger partial charge in [0, 0.05) is 30.1 Å². The quantitative estimate of drug-likeness (QED) is 0.854. The molecule has 3 nitrogen and oxygen atoms in total. The summed E-state index contributed by atoms with van der Waals surface area (Å²) in [5, 5.41) is 3.58. The minimum Gasteiger partial charge on any atom is -0.496 e. The van der Waals surface area contributed by atoms with Gasteiger partial charge in [-0.05, 0) is 31.9 Å². The first-order chi connectivity index (χ1) is 9.17. The zero-order valence-electron chi connectivity index (χ0n) is 12.5. The Morgan fingerprint density at radius 1 is 1.37 bits per heavy atom. The molecule has 2 rings (SSSR count). The second-order valence-electron chi connectivity index (χ2n) is 5.30. The molecule has 1 aromatic rings. The van der Waals surface area contributed by atoms with Crippen molar-refractivity contribution in [1.82, 2.24) is 5.32 Å². The smallest absolute Gasteiger partial charge is 0.123 e. The molecule has 1 aromatic carbocycles. The lowest BCUT2D eigenvalue weighted by molar-refractivity contribution is 0.254. The summed E-state index contributed by atoms with van der Waals surface area (Å²) in [5.41, 5.74) is 2.44. The maximum atomic E-state index is 5.82. The average Bonchev–Trinajstić information content (AvgIpc) is 2.77. The predicted molar refractivity (Wildman–Crippen MR) is 78.0 cm³/mol. The van der Waals surface area contributed by atoms with E-state index in [1.54, 1.807) is 7.11 Å². The highest BCUT2D eigenvalue weighted by Gasteiger charge is 2.21. The van der Waals surface area contributed by atoms with Gasteiger partial charge in [-0.1, -0.05) is 13.8 Å². The molecule has 0 spiro atoms. The van der Waals surface area contributed by atoms with Crippen LogP contribution in [-0.2, 0) is 13.0 Å². The lowest BCUT2D eigenvalue weighted by Crippen LogP contribution is -2.27. The summed E-state index contributed by atoms with van der Waals surface area (Å²) >= 11 is 0. The number of rotatable bonds is 6. The van der Waals surface area contributed by atoms with Gasteiger partial charge in [0.1, 0.15) is 17.6 Å². The van der Waals surface area contributed by atoms with Crippen molar-refractivity contribution in [2.45, 2.75) is 58.7 Å². The number of fused-ring (bicyclic) bond motifs is 1. The Labute approximate surface area is 116 Å². The first kappa shape index (κ1) is 14.2. The normalized spacial score (nSPS) is 17.4. The minimum absolute atomic E-state index is 0.280. The van der Waals surface area contributed by atoms with Crippen LogP contribution in [0.3, 0.4) is 0 Å². The lowest BCUT2D eigenvalue weighted by atomic mass is 10.1. The van der Waals surface area contributed by atoms with Crippen molar-refractivity contribution in [2.75, 3.05) is 7.11 Å². The van der Waals surface area contributed by atoms with E-state index in [0.717, 1.165) is 37.3 Å². The highest BCUT2D eigenvalue weighted by Crippen LogP contribution is 2.34. The molecule has 1 heterocycles. The topological polar surface area (TPSA) is 30.5 Å². The predicted octanol–water partition coefficient (Wildman–Crippen LogP) is 3.30. The molecule has 0 bridgehead atoms. The van der Waals surface area contributed by atoms with Gasteiger partial charge < -0.3 is 14.8 Å². The van der Waals surface area contributed by atoms with Crippen molar-refractivity contribution in [3.63, 3.8) is 0 Å². The van der Waals surface area contributed by atoms with Crippen LogP contribution in [0.4, 0.5) is 0 Å². The lowest BCUT2D eigenvalue weighted by Gasteiger charge is -2.17. The molecule has 1 aliphatic heterocycles. The van der Waals surface area contributed by atoms with Crippen LogP contribution in [0.15, 0.2) is 12.1 Å². The van der Waals surface area contributed by atoms with E-state index in [1.807, 2.05) is 0 Å². The highest BCUT2D eigenvalue weighted by atomic mass is 16.5. The number of hydrogen-bond donors (Lipinski definition) is 1. The van der Waals surface area contributed by atoms with Gasteiger partial charge in [0.15, 0.2) is 0 Å². The van der Waals surface area contributed by atoms with Gasteiger partial charge in [-0.15, -0.1) is 0 Å². The largest absolute Gasteiger partial charge is 0.496 e. The number of methoxy groups -OCH3 is 1. The molecule has 1 atom stereocenters. The molecule has 1 unspecified atom stereocenters. The zero-order valence-corrected chi connectivity index (χ0v) is 12.5. The highest BCUT2D eigenvalue weighted by molar-refractivity contribution is 5.48. The van der Waals surface area contributed by atoms with Crippen LogP contribution in [0.25, 0.3) is 0 Å². The Morgan fingerprint density at radius 2 is 2.11 bits per heavy atom. The van der Waals surface area contributed by atoms with Gasteiger partial charge >= 0.3 is 0 Å². The van der Waals surface area contributed by atoms with Crippen molar-refractivity contribution in [3.05, 3.63) is 23.3 Å². The van der Waals surface area contributed by atoms with Crippen LogP contribution >= 0.6 is 0 Å². The Morgan fingerprint density at radius 3 is 2.74 bits per heavy atom. The Bertz CT molecular complexity index is 427. The van der Waals surface area contributed by atoms with E-state index in [4.69, 9.17) is 9.47 Å². The summed E-state index contributed by atoms with van der Waals surface area (Å²) in [7, 11) is 1.74. The van der Waals surface area contributed by atoms with E-state index in [0.29, 0.717) is 6.04 Å². The van der Waals surface area contributed by atoms with Gasteiger partial charge in [0.25, 0.3) is 0 Å². The Hall–Kier alpha value is -1.22. The molecular formula is C16H25NO2. The number of benzene rings is 1. The SMILES string of the molecule is CCC(CC)NCc1cc2c(cc1OC)CC(C)O2. The third-order valence-electron chi connectivity index (χ3n) is 3.87. The molecule has 0 radical (unpaired) electrons. The van der Waals surface area contributed by atoms with Crippen molar-refractivity contribution in [2.24, 2.45) is 0 Å². The Kier molecular flexibility index (Phi) is 4.70. The second-order valence-corrected chi connectivity index (χ2v) is 5.30. The maximum Gasteiger partial charge on any atom is 0.123 e. The molecule has 0 saturated heterocycles. The molecule has 19 heavy (non-hydrogen) atoms. The van der Waals surface area contributed by atoms with Gasteiger partial charge in [0.05, 0.1) is 7.11 Å². The first-order valence-corrected chi connectivity index (χ1v) is 7.27. The maximum absolute atomic E-state index is 5.82. The van der Waals surface area contributed by atoms with E-state index in [1.165, 1.54) is 11.1 Å². The van der Waals surface area contributed by atoms with Crippen LogP contribution in [0.5, 0.6) is 11.5 Å². The summed E-state index contributed by atoms with van der Waals surface area (Å²) < 4.78 is 11.3. The van der Waals surface area contributed by atoms with E-state index < -0.39 is 0 Å². The molecule has 3 heteroatoms. The fraction of sp³-hybridized carbons (Fsp3) is 0.625. The molecule has 0 aliphatic carbocycles. The fourth-order valence-corrected chi connectivity index (χ4v) is 2.64. The molecule has 0 saturated carbocycles. The third kappa shape index (κ3) is 3.21. The van der Waals surface area contributed by atoms with Gasteiger partial charge in [-0.25, -0.2) is 0 Å². The van der Waals surface area contributed by atoms with Crippen molar-refractivity contribution < 1.29 is 9.47 Å². The van der Waals surface area contributed by atoms with Gasteiger partial charge in [-0.2, -0.15) is 0 Å². The van der Waals surface area contributed by atoms with Crippen molar-refractivity contribution in [3.8, 4) is 11.5 Å². The molecule has 1 N–H and O–H groups in total. The van der Waals surface area contributed by atoms with E-state index in [-0.39, 0.29) is 6.10 Å². The van der Waals surface area contributed by atoms with Crippen molar-refractivity contribution >= 4 is 0 Å². The first-order valence-electron chi connectivity index (χ1n) is 7.27. The summed E-state index contributed by atoms with van der Waals surface area (Å²) in [5.74, 6) is 1.99. The zero-order chi connectivity index (χ0) is 13.8. The van der Waals surface area contributed by atoms with E-state index in [2.05, 4.69) is 38.2 Å². The third-order valence-corrected chi connectivity index (χ3v) is 3.87. The van der Waals surface area contributed by atoms with E-state index >= 15 is 0 Å². The summed E-state index contributed by atoms with van der Waals surface area (Å²) in [6, 6.07) is 4.83. The molecule has 0 fully saturated rings. The molecule has 106 valence electrons. The van der Waals surface area contributed by atoms with Crippen LogP contribution in [0.1, 0.15) is 44.7 Å². The van der Waals surface area contributed by atoms with Gasteiger partial charge in [0.2, 0.25) is 0 Å². The summed E-state index contributed by atoms with van der Waals surface area (Å²) in [6.45, 7) is 7.37. The van der Waals surface area contributed by atoms with Crippen LogP contribution in [0, 0.1) is 0 Å². The Balaban J connectivity index is 2.14. The fourth-order valence-electron chi connectivity index (χ4n) is 2.64. The summed E-state index contributed by atoms with van der Waals surface area (Å²) in [6.07, 6.45) is 3.56. The molecular weight excluding hydrogens is 238 g/mol. The average molecular weight is 263 g/mol. The molecule has 0 aromatic heterocycles. The van der Waals surface area contributed by atoms with Crippen molar-refractivity contribution in [1.29, 1.82) is 0 Å². The second kappa shape index (κ2) is 6.29. The molecule has 0 amide bonds. The van der Waals surface area contributed by atoms with Gasteiger partial charge in [-0.3, -0.25) is 0 Å². The number of nitrogens with one attached hydrogen (secondary N) is 1. The molecule has 1 aliphatic rings. The van der Waals surface area contributed by atoms with E-state index in [9.17, 15) is 0 Å².